The van der Waals surface area contributed by atoms with Gasteiger partial charge in [-0.15, -0.1) is 24.0 Å². The third-order valence-electron chi connectivity index (χ3n) is 2.49. The van der Waals surface area contributed by atoms with Crippen LogP contribution in [0.4, 0.5) is 5.69 Å². The first-order valence-electron chi connectivity index (χ1n) is 5.74. The number of halogens is 2. The molecule has 20 heavy (non-hydrogen) atoms. The maximum absolute atomic E-state index is 9.40. The van der Waals surface area contributed by atoms with Gasteiger partial charge in [-0.25, -0.2) is 4.99 Å². The minimum Gasteiger partial charge on any atom is -0.507 e. The molecule has 0 bridgehead atoms. The molecule has 0 amide bonds. The highest BCUT2D eigenvalue weighted by Gasteiger charge is 1.99. The molecule has 0 unspecified atom stereocenters. The molecule has 6 heteroatoms. The Kier molecular flexibility index (Phi) is 6.80. The van der Waals surface area contributed by atoms with Crippen LogP contribution >= 0.6 is 39.9 Å². The summed E-state index contributed by atoms with van der Waals surface area (Å²) in [4.78, 5) is 4.24. The summed E-state index contributed by atoms with van der Waals surface area (Å²) in [6.07, 6.45) is 0. The van der Waals surface area contributed by atoms with Crippen molar-refractivity contribution in [1.82, 2.24) is 0 Å². The predicted octanol–water partition coefficient (Wildman–Crippen LogP) is 3.70. The van der Waals surface area contributed by atoms with Gasteiger partial charge >= 0.3 is 0 Å². The van der Waals surface area contributed by atoms with Gasteiger partial charge < -0.3 is 16.2 Å². The van der Waals surface area contributed by atoms with Gasteiger partial charge in [-0.2, -0.15) is 0 Å². The summed E-state index contributed by atoms with van der Waals surface area (Å²) < 4.78 is 0.648. The Labute approximate surface area is 143 Å². The highest BCUT2D eigenvalue weighted by molar-refractivity contribution is 14.0. The number of aromatic hydroxyl groups is 1. The fraction of sp³-hybridized carbons (Fsp3) is 0.0714. The third-order valence-corrected chi connectivity index (χ3v) is 3.13. The molecule has 0 heterocycles. The van der Waals surface area contributed by atoms with Gasteiger partial charge in [0.25, 0.3) is 0 Å². The summed E-state index contributed by atoms with van der Waals surface area (Å²) in [7, 11) is 0. The van der Waals surface area contributed by atoms with Crippen LogP contribution in [-0.4, -0.2) is 11.1 Å². The van der Waals surface area contributed by atoms with E-state index in [0.29, 0.717) is 17.0 Å². The number of phenolic OH excluding ortho intramolecular Hbond substituents is 1. The number of rotatable bonds is 3. The molecule has 2 aromatic rings. The van der Waals surface area contributed by atoms with Crippen LogP contribution in [0, 0.1) is 0 Å². The number of phenols is 1. The van der Waals surface area contributed by atoms with E-state index in [1.54, 1.807) is 12.1 Å². The van der Waals surface area contributed by atoms with Crippen molar-refractivity contribution in [2.24, 2.45) is 10.7 Å². The third kappa shape index (κ3) is 5.01. The van der Waals surface area contributed by atoms with Gasteiger partial charge in [0, 0.05) is 5.69 Å². The van der Waals surface area contributed by atoms with E-state index in [1.165, 1.54) is 0 Å². The zero-order valence-electron chi connectivity index (χ0n) is 10.6. The van der Waals surface area contributed by atoms with E-state index in [4.69, 9.17) is 5.73 Å². The minimum absolute atomic E-state index is 0. The molecule has 0 fully saturated rings. The fourth-order valence-electron chi connectivity index (χ4n) is 1.53. The lowest BCUT2D eigenvalue weighted by molar-refractivity contribution is 0.471. The molecule has 0 saturated carbocycles. The number of benzene rings is 2. The second kappa shape index (κ2) is 8.11. The molecule has 106 valence electrons. The number of aliphatic imine (C=N–C) groups is 1. The van der Waals surface area contributed by atoms with Crippen molar-refractivity contribution < 1.29 is 5.11 Å². The first-order chi connectivity index (χ1) is 9.15. The Balaban J connectivity index is 0.00000200. The molecule has 2 aromatic carbocycles. The van der Waals surface area contributed by atoms with Crippen LogP contribution in [0.1, 0.15) is 5.56 Å². The summed E-state index contributed by atoms with van der Waals surface area (Å²) in [6, 6.07) is 14.9. The van der Waals surface area contributed by atoms with Crippen molar-refractivity contribution in [1.29, 1.82) is 0 Å². The van der Waals surface area contributed by atoms with Gasteiger partial charge in [-0.05, 0) is 45.8 Å². The Morgan fingerprint density at radius 1 is 1.20 bits per heavy atom. The van der Waals surface area contributed by atoms with E-state index < -0.39 is 0 Å². The maximum Gasteiger partial charge on any atom is 0.193 e. The molecule has 0 atom stereocenters. The van der Waals surface area contributed by atoms with Crippen LogP contribution in [0.3, 0.4) is 0 Å². The molecular weight excluding hydrogens is 433 g/mol. The fourth-order valence-corrected chi connectivity index (χ4v) is 1.96. The SMILES string of the molecule is I.NC(=NCc1ccc(O)c(Br)c1)Nc1ccccc1. The van der Waals surface area contributed by atoms with Crippen LogP contribution < -0.4 is 11.1 Å². The molecule has 0 spiro atoms. The Morgan fingerprint density at radius 2 is 1.90 bits per heavy atom. The maximum atomic E-state index is 9.40. The van der Waals surface area contributed by atoms with Gasteiger partial charge in [0.05, 0.1) is 11.0 Å². The Bertz CT molecular complexity index is 590. The lowest BCUT2D eigenvalue weighted by Gasteiger charge is -2.05. The summed E-state index contributed by atoms with van der Waals surface area (Å²) in [6.45, 7) is 0.449. The number of nitrogens with zero attached hydrogens (tertiary/aromatic N) is 1. The van der Waals surface area contributed by atoms with Crippen molar-refractivity contribution in [2.75, 3.05) is 5.32 Å². The lowest BCUT2D eigenvalue weighted by atomic mass is 10.2. The van der Waals surface area contributed by atoms with Crippen LogP contribution in [0.15, 0.2) is 58.0 Å². The molecule has 4 N–H and O–H groups in total. The second-order valence-corrected chi connectivity index (χ2v) is 4.83. The number of nitrogens with one attached hydrogen (secondary N) is 1. The number of hydrogen-bond acceptors (Lipinski definition) is 2. The van der Waals surface area contributed by atoms with Crippen molar-refractivity contribution in [2.45, 2.75) is 6.54 Å². The largest absolute Gasteiger partial charge is 0.507 e. The molecule has 2 rings (SSSR count). The molecule has 0 aliphatic heterocycles. The van der Waals surface area contributed by atoms with Crippen LogP contribution in [0.2, 0.25) is 0 Å². The average Bonchev–Trinajstić information content (AvgIpc) is 2.41. The van der Waals surface area contributed by atoms with E-state index in [9.17, 15) is 5.11 Å². The van der Waals surface area contributed by atoms with Gasteiger partial charge in [-0.3, -0.25) is 0 Å². The average molecular weight is 448 g/mol. The lowest BCUT2D eigenvalue weighted by Crippen LogP contribution is -2.22. The number of hydrogen-bond donors (Lipinski definition) is 3. The molecule has 4 nitrogen and oxygen atoms in total. The topological polar surface area (TPSA) is 70.6 Å². The van der Waals surface area contributed by atoms with E-state index in [2.05, 4.69) is 26.2 Å². The van der Waals surface area contributed by atoms with Gasteiger partial charge in [-0.1, -0.05) is 24.3 Å². The van der Waals surface area contributed by atoms with E-state index in [0.717, 1.165) is 11.3 Å². The predicted molar refractivity (Wildman–Crippen MR) is 96.6 cm³/mol. The van der Waals surface area contributed by atoms with Crippen LogP contribution in [0.25, 0.3) is 0 Å². The summed E-state index contributed by atoms with van der Waals surface area (Å²) in [5.41, 5.74) is 7.66. The number of para-hydroxylation sites is 1. The van der Waals surface area contributed by atoms with Crippen molar-refractivity contribution in [3.8, 4) is 5.75 Å². The summed E-state index contributed by atoms with van der Waals surface area (Å²) in [5, 5.41) is 12.4. The van der Waals surface area contributed by atoms with Crippen molar-refractivity contribution in [3.05, 3.63) is 58.6 Å². The van der Waals surface area contributed by atoms with Gasteiger partial charge in [0.15, 0.2) is 5.96 Å². The van der Waals surface area contributed by atoms with E-state index >= 15 is 0 Å². The number of guanidine groups is 1. The summed E-state index contributed by atoms with van der Waals surface area (Å²) >= 11 is 3.26. The monoisotopic (exact) mass is 447 g/mol. The smallest absolute Gasteiger partial charge is 0.193 e. The summed E-state index contributed by atoms with van der Waals surface area (Å²) in [5.74, 6) is 0.568. The van der Waals surface area contributed by atoms with E-state index in [1.807, 2.05) is 36.4 Å². The first kappa shape index (κ1) is 16.8. The highest BCUT2D eigenvalue weighted by atomic mass is 127. The Morgan fingerprint density at radius 3 is 2.55 bits per heavy atom. The number of anilines is 1. The quantitative estimate of drug-likeness (QED) is 0.381. The molecule has 0 radical (unpaired) electrons. The van der Waals surface area contributed by atoms with Crippen molar-refractivity contribution >= 4 is 51.6 Å². The van der Waals surface area contributed by atoms with Crippen molar-refractivity contribution in [3.63, 3.8) is 0 Å². The highest BCUT2D eigenvalue weighted by Crippen LogP contribution is 2.24. The van der Waals surface area contributed by atoms with E-state index in [-0.39, 0.29) is 29.7 Å². The normalized spacial score (nSPS) is 10.8. The standard InChI is InChI=1S/C14H14BrN3O.HI/c15-12-8-10(6-7-13(12)19)9-17-14(16)18-11-4-2-1-3-5-11;/h1-8,19H,9H2,(H3,16,17,18);1H. The van der Waals surface area contributed by atoms with Gasteiger partial charge in [0.2, 0.25) is 0 Å². The van der Waals surface area contributed by atoms with Crippen LogP contribution in [-0.2, 0) is 6.54 Å². The molecule has 0 aliphatic rings. The van der Waals surface area contributed by atoms with Crippen LogP contribution in [0.5, 0.6) is 5.75 Å². The molecule has 0 aliphatic carbocycles. The second-order valence-electron chi connectivity index (χ2n) is 3.98. The zero-order chi connectivity index (χ0) is 13.7. The number of nitrogens with two attached hydrogens (primary N) is 1. The van der Waals surface area contributed by atoms with Gasteiger partial charge in [0.1, 0.15) is 5.75 Å². The zero-order valence-corrected chi connectivity index (χ0v) is 14.5. The Hall–Kier alpha value is -1.28. The molecular formula is C14H15BrIN3O. The minimum atomic E-state index is 0. The molecule has 0 aromatic heterocycles. The molecule has 0 saturated heterocycles. The first-order valence-corrected chi connectivity index (χ1v) is 6.54.